The van der Waals surface area contributed by atoms with Crippen molar-refractivity contribution in [2.45, 2.75) is 0 Å². The third kappa shape index (κ3) is 1.69. The highest BCUT2D eigenvalue weighted by Crippen LogP contribution is 2.24. The Labute approximate surface area is 98.2 Å². The summed E-state index contributed by atoms with van der Waals surface area (Å²) in [4.78, 5) is 12.7. The van der Waals surface area contributed by atoms with Crippen molar-refractivity contribution in [3.63, 3.8) is 0 Å². The zero-order valence-electron chi connectivity index (χ0n) is 9.04. The quantitative estimate of drug-likeness (QED) is 0.686. The van der Waals surface area contributed by atoms with E-state index >= 15 is 0 Å². The molecule has 0 spiro atoms. The largest absolute Gasteiger partial charge is 0.383 e. The van der Waals surface area contributed by atoms with Crippen LogP contribution in [0.5, 0.6) is 0 Å². The van der Waals surface area contributed by atoms with Crippen LogP contribution in [0.4, 0.5) is 5.82 Å². The van der Waals surface area contributed by atoms with Crippen LogP contribution >= 0.6 is 0 Å². The number of nitrogens with zero attached hydrogens (tertiary/aromatic N) is 3. The number of pyridine rings is 1. The summed E-state index contributed by atoms with van der Waals surface area (Å²) in [7, 11) is 0. The zero-order chi connectivity index (χ0) is 11.7. The molecule has 2 heterocycles. The van der Waals surface area contributed by atoms with Gasteiger partial charge in [-0.05, 0) is 18.2 Å². The highest BCUT2D eigenvalue weighted by Gasteiger charge is 2.07. The maximum absolute atomic E-state index is 5.93. The first kappa shape index (κ1) is 9.72. The van der Waals surface area contributed by atoms with Crippen LogP contribution in [0.2, 0.25) is 0 Å². The minimum absolute atomic E-state index is 0.454. The monoisotopic (exact) mass is 222 g/mol. The molecule has 0 atom stereocenters. The SMILES string of the molecule is Nc1nc2ccccc2cc1-c1ncccn1. The summed E-state index contributed by atoms with van der Waals surface area (Å²) in [6, 6.07) is 11.6. The fraction of sp³-hybridized carbons (Fsp3) is 0. The predicted molar refractivity (Wildman–Crippen MR) is 67.2 cm³/mol. The molecule has 0 amide bonds. The molecule has 4 nitrogen and oxygen atoms in total. The molecule has 0 saturated carbocycles. The lowest BCUT2D eigenvalue weighted by molar-refractivity contribution is 1.17. The Bertz CT molecular complexity index is 665. The molecule has 0 radical (unpaired) electrons. The smallest absolute Gasteiger partial charge is 0.162 e. The summed E-state index contributed by atoms with van der Waals surface area (Å²) in [5.74, 6) is 1.05. The molecule has 17 heavy (non-hydrogen) atoms. The van der Waals surface area contributed by atoms with Gasteiger partial charge in [0, 0.05) is 17.8 Å². The third-order valence-electron chi connectivity index (χ3n) is 2.56. The van der Waals surface area contributed by atoms with Crippen LogP contribution in [0.25, 0.3) is 22.3 Å². The van der Waals surface area contributed by atoms with Crippen LogP contribution in [0.1, 0.15) is 0 Å². The molecule has 0 saturated heterocycles. The van der Waals surface area contributed by atoms with Crippen LogP contribution in [0.15, 0.2) is 48.8 Å². The molecule has 0 fully saturated rings. The number of aromatic nitrogens is 3. The van der Waals surface area contributed by atoms with E-state index in [4.69, 9.17) is 5.73 Å². The zero-order valence-corrected chi connectivity index (χ0v) is 9.04. The van der Waals surface area contributed by atoms with E-state index in [0.717, 1.165) is 16.5 Å². The van der Waals surface area contributed by atoms with E-state index in [1.54, 1.807) is 18.5 Å². The maximum atomic E-state index is 5.93. The summed E-state index contributed by atoms with van der Waals surface area (Å²) >= 11 is 0. The highest BCUT2D eigenvalue weighted by atomic mass is 14.9. The van der Waals surface area contributed by atoms with Crippen molar-refractivity contribution in [1.82, 2.24) is 15.0 Å². The number of hydrogen-bond acceptors (Lipinski definition) is 4. The average Bonchev–Trinajstić information content (AvgIpc) is 2.39. The molecular formula is C13H10N4. The summed E-state index contributed by atoms with van der Waals surface area (Å²) in [5, 5.41) is 1.03. The summed E-state index contributed by atoms with van der Waals surface area (Å²) in [6.07, 6.45) is 3.38. The molecule has 1 aromatic carbocycles. The lowest BCUT2D eigenvalue weighted by Gasteiger charge is -2.05. The standard InChI is InChI=1S/C13H10N4/c14-12-10(13-15-6-3-7-16-13)8-9-4-1-2-5-11(9)17-12/h1-8H,(H2,14,17). The first-order valence-electron chi connectivity index (χ1n) is 5.27. The molecule has 0 aliphatic rings. The molecule has 2 aromatic heterocycles. The number of nitrogens with two attached hydrogens (primary N) is 1. The lowest BCUT2D eigenvalue weighted by atomic mass is 10.1. The van der Waals surface area contributed by atoms with Gasteiger partial charge in [0.15, 0.2) is 5.82 Å². The summed E-state index contributed by atoms with van der Waals surface area (Å²) in [6.45, 7) is 0. The molecular weight excluding hydrogens is 212 g/mol. The van der Waals surface area contributed by atoms with Crippen molar-refractivity contribution in [2.75, 3.05) is 5.73 Å². The highest BCUT2D eigenvalue weighted by molar-refractivity contribution is 5.87. The van der Waals surface area contributed by atoms with Gasteiger partial charge < -0.3 is 5.73 Å². The second-order valence-corrected chi connectivity index (χ2v) is 3.69. The lowest BCUT2D eigenvalue weighted by Crippen LogP contribution is -1.97. The second-order valence-electron chi connectivity index (χ2n) is 3.69. The number of para-hydroxylation sites is 1. The number of hydrogen-bond donors (Lipinski definition) is 1. The molecule has 0 aliphatic heterocycles. The van der Waals surface area contributed by atoms with Crippen LogP contribution < -0.4 is 5.73 Å². The molecule has 3 aromatic rings. The Hall–Kier alpha value is -2.49. The molecule has 0 bridgehead atoms. The Morgan fingerprint density at radius 3 is 2.53 bits per heavy atom. The minimum atomic E-state index is 0.454. The van der Waals surface area contributed by atoms with E-state index in [1.165, 1.54) is 0 Å². The fourth-order valence-electron chi connectivity index (χ4n) is 1.75. The minimum Gasteiger partial charge on any atom is -0.383 e. The number of benzene rings is 1. The maximum Gasteiger partial charge on any atom is 0.162 e. The van der Waals surface area contributed by atoms with Crippen LogP contribution in [-0.4, -0.2) is 15.0 Å². The Kier molecular flexibility index (Phi) is 2.19. The molecule has 3 rings (SSSR count). The van der Waals surface area contributed by atoms with E-state index < -0.39 is 0 Å². The van der Waals surface area contributed by atoms with Gasteiger partial charge in [-0.2, -0.15) is 0 Å². The van der Waals surface area contributed by atoms with Crippen molar-refractivity contribution in [1.29, 1.82) is 0 Å². The number of nitrogen functional groups attached to an aromatic ring is 1. The second kappa shape index (κ2) is 3.83. The van der Waals surface area contributed by atoms with Crippen molar-refractivity contribution >= 4 is 16.7 Å². The summed E-state index contributed by atoms with van der Waals surface area (Å²) in [5.41, 5.74) is 7.57. The van der Waals surface area contributed by atoms with Gasteiger partial charge in [-0.3, -0.25) is 0 Å². The van der Waals surface area contributed by atoms with Gasteiger partial charge in [0.1, 0.15) is 5.82 Å². The number of anilines is 1. The van der Waals surface area contributed by atoms with Gasteiger partial charge >= 0.3 is 0 Å². The topological polar surface area (TPSA) is 64.7 Å². The Balaban J connectivity index is 2.27. The fourth-order valence-corrected chi connectivity index (χ4v) is 1.75. The molecule has 2 N–H and O–H groups in total. The van der Waals surface area contributed by atoms with Crippen molar-refractivity contribution in [3.05, 3.63) is 48.8 Å². The van der Waals surface area contributed by atoms with E-state index in [1.807, 2.05) is 30.3 Å². The van der Waals surface area contributed by atoms with Gasteiger partial charge in [0.05, 0.1) is 11.1 Å². The van der Waals surface area contributed by atoms with Gasteiger partial charge in [0.2, 0.25) is 0 Å². The first-order chi connectivity index (χ1) is 8.34. The van der Waals surface area contributed by atoms with E-state index in [9.17, 15) is 0 Å². The van der Waals surface area contributed by atoms with E-state index in [-0.39, 0.29) is 0 Å². The number of rotatable bonds is 1. The normalized spacial score (nSPS) is 10.6. The predicted octanol–water partition coefficient (Wildman–Crippen LogP) is 2.27. The van der Waals surface area contributed by atoms with Crippen molar-refractivity contribution in [3.8, 4) is 11.4 Å². The van der Waals surface area contributed by atoms with Gasteiger partial charge in [0.25, 0.3) is 0 Å². The van der Waals surface area contributed by atoms with E-state index in [0.29, 0.717) is 11.6 Å². The van der Waals surface area contributed by atoms with E-state index in [2.05, 4.69) is 15.0 Å². The first-order valence-corrected chi connectivity index (χ1v) is 5.27. The van der Waals surface area contributed by atoms with Crippen molar-refractivity contribution < 1.29 is 0 Å². The Morgan fingerprint density at radius 2 is 1.71 bits per heavy atom. The Morgan fingerprint density at radius 1 is 0.941 bits per heavy atom. The van der Waals surface area contributed by atoms with Crippen molar-refractivity contribution in [2.24, 2.45) is 0 Å². The molecule has 0 aliphatic carbocycles. The summed E-state index contributed by atoms with van der Waals surface area (Å²) < 4.78 is 0. The molecule has 82 valence electrons. The molecule has 0 unspecified atom stereocenters. The van der Waals surface area contributed by atoms with Crippen LogP contribution in [0, 0.1) is 0 Å². The number of fused-ring (bicyclic) bond motifs is 1. The third-order valence-corrected chi connectivity index (χ3v) is 2.56. The average molecular weight is 222 g/mol. The van der Waals surface area contributed by atoms with Crippen LogP contribution in [0.3, 0.4) is 0 Å². The molecule has 4 heteroatoms. The van der Waals surface area contributed by atoms with Gasteiger partial charge in [-0.1, -0.05) is 18.2 Å². The van der Waals surface area contributed by atoms with Gasteiger partial charge in [-0.15, -0.1) is 0 Å². The van der Waals surface area contributed by atoms with Crippen LogP contribution in [-0.2, 0) is 0 Å². The van der Waals surface area contributed by atoms with Gasteiger partial charge in [-0.25, -0.2) is 15.0 Å².